The molecule has 1 spiro atoms. The number of benzene rings is 1. The number of esters is 1. The maximum atomic E-state index is 14.6. The molecule has 4 rings (SSSR count). The predicted molar refractivity (Wildman–Crippen MR) is 185 cm³/mol. The third kappa shape index (κ3) is 8.27. The number of likely N-dealkylation sites (tertiary alicyclic amines) is 1. The van der Waals surface area contributed by atoms with Crippen LogP contribution in [0.4, 0.5) is 0 Å². The molecule has 3 amide bonds. The van der Waals surface area contributed by atoms with Gasteiger partial charge in [0.2, 0.25) is 17.7 Å². The fourth-order valence-corrected chi connectivity index (χ4v) is 7.99. The zero-order valence-electron chi connectivity index (χ0n) is 29.4. The SMILES string of the molecule is C=CCCC(=O)N[C@@H](COC)[C@@H](OC(=O)[C@@H]1[C@@H]2CC[C@]3(O2)[C@H](C(=O)N(CC=C)C(C)CCC)N(CCCCCO)C(=O)[C@@H]13)c1ccccc1. The number of nitrogens with one attached hydrogen (secondary N) is 1. The number of ether oxygens (including phenoxy) is 3. The number of carbonyl (C=O) groups is 4. The maximum absolute atomic E-state index is 14.6. The van der Waals surface area contributed by atoms with Crippen molar-refractivity contribution in [2.45, 2.75) is 108 Å². The highest BCUT2D eigenvalue weighted by molar-refractivity contribution is 5.98. The largest absolute Gasteiger partial charge is 0.455 e. The third-order valence-electron chi connectivity index (χ3n) is 10.2. The van der Waals surface area contributed by atoms with E-state index >= 15 is 0 Å². The van der Waals surface area contributed by atoms with Crippen LogP contribution in [0.25, 0.3) is 0 Å². The van der Waals surface area contributed by atoms with E-state index < -0.39 is 47.7 Å². The number of amides is 3. The number of aliphatic hydroxyl groups is 1. The van der Waals surface area contributed by atoms with Crippen molar-refractivity contribution in [3.8, 4) is 0 Å². The van der Waals surface area contributed by atoms with Gasteiger partial charge in [0.05, 0.1) is 30.6 Å². The van der Waals surface area contributed by atoms with Gasteiger partial charge in [-0.3, -0.25) is 19.2 Å². The molecule has 0 radical (unpaired) electrons. The Bertz CT molecular complexity index is 1310. The molecule has 1 aromatic rings. The second-order valence-electron chi connectivity index (χ2n) is 13.5. The first-order chi connectivity index (χ1) is 23.7. The van der Waals surface area contributed by atoms with Crippen molar-refractivity contribution < 1.29 is 38.5 Å². The second-order valence-corrected chi connectivity index (χ2v) is 13.5. The Kier molecular flexibility index (Phi) is 14.0. The van der Waals surface area contributed by atoms with Gasteiger partial charge < -0.3 is 34.4 Å². The summed E-state index contributed by atoms with van der Waals surface area (Å²) in [5, 5.41) is 12.3. The number of allylic oxidation sites excluding steroid dienone is 1. The van der Waals surface area contributed by atoms with Crippen molar-refractivity contribution in [1.29, 1.82) is 0 Å². The summed E-state index contributed by atoms with van der Waals surface area (Å²) in [4.78, 5) is 59.7. The molecule has 0 aliphatic carbocycles. The summed E-state index contributed by atoms with van der Waals surface area (Å²) in [5.74, 6) is -3.13. The minimum atomic E-state index is -1.17. The van der Waals surface area contributed by atoms with Crippen LogP contribution in [-0.2, 0) is 33.4 Å². The average Bonchev–Trinajstić information content (AvgIpc) is 3.74. The lowest BCUT2D eigenvalue weighted by molar-refractivity contribution is -0.163. The molecule has 3 fully saturated rings. The summed E-state index contributed by atoms with van der Waals surface area (Å²) >= 11 is 0. The predicted octanol–water partition coefficient (Wildman–Crippen LogP) is 4.11. The lowest BCUT2D eigenvalue weighted by Gasteiger charge is -2.39. The van der Waals surface area contributed by atoms with Crippen LogP contribution in [0.5, 0.6) is 0 Å². The van der Waals surface area contributed by atoms with E-state index in [0.717, 1.165) is 12.8 Å². The molecule has 2 N–H and O–H groups in total. The minimum absolute atomic E-state index is 0.0462. The van der Waals surface area contributed by atoms with Gasteiger partial charge >= 0.3 is 5.97 Å². The van der Waals surface area contributed by atoms with Crippen LogP contribution in [0, 0.1) is 11.8 Å². The molecule has 8 atom stereocenters. The first kappa shape index (κ1) is 38.3. The van der Waals surface area contributed by atoms with E-state index in [4.69, 9.17) is 14.2 Å². The van der Waals surface area contributed by atoms with E-state index in [2.05, 4.69) is 25.4 Å². The van der Waals surface area contributed by atoms with Crippen LogP contribution in [0.3, 0.4) is 0 Å². The summed E-state index contributed by atoms with van der Waals surface area (Å²) in [5.41, 5.74) is -0.500. The Hall–Kier alpha value is -3.54. The van der Waals surface area contributed by atoms with Gasteiger partial charge in [-0.25, -0.2) is 0 Å². The van der Waals surface area contributed by atoms with Crippen molar-refractivity contribution in [2.75, 3.05) is 33.4 Å². The molecule has 0 aromatic heterocycles. The van der Waals surface area contributed by atoms with Crippen LogP contribution >= 0.6 is 0 Å². The monoisotopic (exact) mass is 681 g/mol. The van der Waals surface area contributed by atoms with Gasteiger partial charge in [0.15, 0.2) is 0 Å². The molecule has 11 nitrogen and oxygen atoms in total. The van der Waals surface area contributed by atoms with E-state index in [1.165, 1.54) is 7.11 Å². The quantitative estimate of drug-likeness (QED) is 0.113. The summed E-state index contributed by atoms with van der Waals surface area (Å²) in [6, 6.07) is 7.48. The molecule has 1 unspecified atom stereocenters. The normalized spacial score (nSPS) is 25.7. The number of rotatable bonds is 21. The second kappa shape index (κ2) is 17.9. The number of hydrogen-bond acceptors (Lipinski definition) is 8. The van der Waals surface area contributed by atoms with Gasteiger partial charge in [0.25, 0.3) is 0 Å². The first-order valence-corrected chi connectivity index (χ1v) is 17.8. The summed E-state index contributed by atoms with van der Waals surface area (Å²) < 4.78 is 18.4. The van der Waals surface area contributed by atoms with Gasteiger partial charge in [-0.15, -0.1) is 13.2 Å². The molecule has 1 aromatic carbocycles. The van der Waals surface area contributed by atoms with Gasteiger partial charge in [0.1, 0.15) is 17.7 Å². The zero-order chi connectivity index (χ0) is 35.6. The van der Waals surface area contributed by atoms with E-state index in [0.29, 0.717) is 57.2 Å². The van der Waals surface area contributed by atoms with Crippen molar-refractivity contribution in [1.82, 2.24) is 15.1 Å². The molecular formula is C38H55N3O8. The van der Waals surface area contributed by atoms with Crippen LogP contribution in [0.15, 0.2) is 55.6 Å². The third-order valence-corrected chi connectivity index (χ3v) is 10.2. The zero-order valence-corrected chi connectivity index (χ0v) is 29.4. The van der Waals surface area contributed by atoms with Crippen LogP contribution in [-0.4, -0.2) is 102 Å². The van der Waals surface area contributed by atoms with Crippen molar-refractivity contribution >= 4 is 23.7 Å². The molecular weight excluding hydrogens is 626 g/mol. The Labute approximate surface area is 291 Å². The number of methoxy groups -OCH3 is 1. The van der Waals surface area contributed by atoms with E-state index in [9.17, 15) is 24.3 Å². The molecule has 3 aliphatic heterocycles. The van der Waals surface area contributed by atoms with Crippen LogP contribution in [0.2, 0.25) is 0 Å². The molecule has 270 valence electrons. The standard InChI is InChI=1S/C38H55N3O8/c1-6-9-19-30(43)39-28(25-47-5)33(27-17-12-10-13-18-27)48-37(46)31-29-20-21-38(49-29)32(31)35(44)41(23-14-11-15-24-42)34(38)36(45)40(22-8-3)26(4)16-7-2/h6,8,10,12-13,17-18,26,28-29,31-34,42H,1,3,7,9,11,14-16,19-25H2,2,4-5H3,(H,39,43)/t26?,28-,29-,31+,32+,33-,34-,38+/m0/s1. The number of unbranched alkanes of at least 4 members (excludes halogenated alkanes) is 2. The average molecular weight is 682 g/mol. The molecule has 3 heterocycles. The Morgan fingerprint density at radius 3 is 2.59 bits per heavy atom. The van der Waals surface area contributed by atoms with Crippen LogP contribution in [0.1, 0.15) is 83.3 Å². The highest BCUT2D eigenvalue weighted by Gasteiger charge is 2.75. The fourth-order valence-electron chi connectivity index (χ4n) is 7.99. The van der Waals surface area contributed by atoms with Crippen LogP contribution < -0.4 is 5.32 Å². The smallest absolute Gasteiger partial charge is 0.313 e. The highest BCUT2D eigenvalue weighted by Crippen LogP contribution is 2.59. The number of hydrogen-bond donors (Lipinski definition) is 2. The topological polar surface area (TPSA) is 135 Å². The van der Waals surface area contributed by atoms with Gasteiger partial charge in [-0.05, 0) is 57.4 Å². The van der Waals surface area contributed by atoms with Gasteiger partial charge in [-0.1, -0.05) is 55.8 Å². The maximum Gasteiger partial charge on any atom is 0.313 e. The van der Waals surface area contributed by atoms with E-state index in [-0.39, 0.29) is 43.4 Å². The minimum Gasteiger partial charge on any atom is -0.455 e. The summed E-state index contributed by atoms with van der Waals surface area (Å²) in [6.07, 6.45) is 7.12. The molecule has 49 heavy (non-hydrogen) atoms. The first-order valence-electron chi connectivity index (χ1n) is 17.8. The lowest BCUT2D eigenvalue weighted by atomic mass is 9.70. The Morgan fingerprint density at radius 1 is 1.18 bits per heavy atom. The molecule has 11 heteroatoms. The Balaban J connectivity index is 1.68. The number of nitrogens with zero attached hydrogens (tertiary/aromatic N) is 2. The highest BCUT2D eigenvalue weighted by atomic mass is 16.6. The molecule has 2 bridgehead atoms. The summed E-state index contributed by atoms with van der Waals surface area (Å²) in [6.45, 7) is 12.4. The molecule has 3 aliphatic rings. The Morgan fingerprint density at radius 2 is 1.94 bits per heavy atom. The lowest BCUT2D eigenvalue weighted by Crippen LogP contribution is -2.57. The number of aliphatic hydroxyl groups excluding tert-OH is 1. The van der Waals surface area contributed by atoms with Crippen molar-refractivity contribution in [3.05, 3.63) is 61.2 Å². The summed E-state index contributed by atoms with van der Waals surface area (Å²) in [7, 11) is 1.51. The van der Waals surface area contributed by atoms with Gasteiger partial charge in [-0.2, -0.15) is 0 Å². The van der Waals surface area contributed by atoms with Gasteiger partial charge in [0, 0.05) is 39.3 Å². The number of fused-ring (bicyclic) bond motifs is 1. The molecule has 3 saturated heterocycles. The van der Waals surface area contributed by atoms with E-state index in [1.54, 1.807) is 22.0 Å². The number of carbonyl (C=O) groups excluding carboxylic acids is 4. The van der Waals surface area contributed by atoms with E-state index in [1.807, 2.05) is 37.3 Å². The molecule has 0 saturated carbocycles. The van der Waals surface area contributed by atoms with Crippen molar-refractivity contribution in [2.24, 2.45) is 11.8 Å². The van der Waals surface area contributed by atoms with Crippen molar-refractivity contribution in [3.63, 3.8) is 0 Å². The fraction of sp³-hybridized carbons (Fsp3) is 0.632.